The van der Waals surface area contributed by atoms with E-state index in [2.05, 4.69) is 17.4 Å². The molecule has 6 nitrogen and oxygen atoms in total. The minimum Gasteiger partial charge on any atom is -0.691 e. The summed E-state index contributed by atoms with van der Waals surface area (Å²) in [5.74, 6) is -0.359. The summed E-state index contributed by atoms with van der Waals surface area (Å²) >= 11 is 13.4. The zero-order valence-corrected chi connectivity index (χ0v) is 15.4. The first-order valence-electron chi connectivity index (χ1n) is 5.89. The van der Waals surface area contributed by atoms with Crippen molar-refractivity contribution in [2.24, 2.45) is 0 Å². The first-order valence-corrected chi connectivity index (χ1v) is 10.2. The molecule has 0 aliphatic rings. The minimum absolute atomic E-state index is 0.00924. The number of nitrogens with zero attached hydrogens (tertiary/aromatic N) is 1. The van der Waals surface area contributed by atoms with Crippen LogP contribution in [0.5, 0.6) is 0 Å². The van der Waals surface area contributed by atoms with Gasteiger partial charge in [-0.15, -0.1) is 0 Å². The third kappa shape index (κ3) is 12.0. The van der Waals surface area contributed by atoms with Crippen molar-refractivity contribution in [2.75, 3.05) is 32.6 Å². The van der Waals surface area contributed by atoms with Gasteiger partial charge in [0.1, 0.15) is 0 Å². The predicted octanol–water partition coefficient (Wildman–Crippen LogP) is 2.36. The lowest BCUT2D eigenvalue weighted by Gasteiger charge is -2.26. The average Bonchev–Trinajstić information content (AvgIpc) is 2.37. The molecular formula is C10H21NO5PS3-. The van der Waals surface area contributed by atoms with Crippen LogP contribution in [0.3, 0.4) is 0 Å². The van der Waals surface area contributed by atoms with Crippen LogP contribution < -0.4 is 0 Å². The highest BCUT2D eigenvalue weighted by atomic mass is 32.9. The molecule has 0 aromatic heterocycles. The van der Waals surface area contributed by atoms with Crippen LogP contribution in [0.1, 0.15) is 20.8 Å². The van der Waals surface area contributed by atoms with Gasteiger partial charge in [-0.1, -0.05) is 11.8 Å². The van der Waals surface area contributed by atoms with Gasteiger partial charge in [-0.05, 0) is 20.8 Å². The van der Waals surface area contributed by atoms with Crippen LogP contribution in [0.15, 0.2) is 0 Å². The number of hydrogen-bond donors (Lipinski definition) is 1. The van der Waals surface area contributed by atoms with Gasteiger partial charge < -0.3 is 26.0 Å². The first-order chi connectivity index (χ1) is 9.25. The van der Waals surface area contributed by atoms with E-state index in [0.717, 1.165) is 4.90 Å². The first kappa shape index (κ1) is 22.5. The summed E-state index contributed by atoms with van der Waals surface area (Å²) in [6.45, 7) is 6.74. The van der Waals surface area contributed by atoms with Gasteiger partial charge in [-0.3, -0.25) is 4.79 Å². The standard InChI is InChI=1S/C6H11NO3S.C4H11O2PS2/c1-3-10-6(9)7(2)5(8)4-11;1-3-5-7(8,9)6-4-2/h11H,3-4H2,1-2H3;3-4H2,1-2H3,(H,8,9)/p-1. The van der Waals surface area contributed by atoms with Gasteiger partial charge in [0.2, 0.25) is 5.91 Å². The number of thiol groups is 1. The monoisotopic (exact) mass is 362 g/mol. The number of imide groups is 1. The van der Waals surface area contributed by atoms with E-state index in [-0.39, 0.29) is 18.3 Å². The Morgan fingerprint density at radius 1 is 1.20 bits per heavy atom. The van der Waals surface area contributed by atoms with E-state index in [4.69, 9.17) is 33.1 Å². The highest BCUT2D eigenvalue weighted by Crippen LogP contribution is 2.45. The molecule has 0 N–H and O–H groups in total. The van der Waals surface area contributed by atoms with Gasteiger partial charge in [0, 0.05) is 20.3 Å². The number of ether oxygens (including phenoxy) is 1. The molecule has 0 aromatic rings. The summed E-state index contributed by atoms with van der Waals surface area (Å²) in [4.78, 5) is 22.5. The molecule has 0 aliphatic carbocycles. The van der Waals surface area contributed by atoms with E-state index in [0.29, 0.717) is 13.2 Å². The Kier molecular flexibility index (Phi) is 14.5. The van der Waals surface area contributed by atoms with Gasteiger partial charge in [0.25, 0.3) is 0 Å². The molecule has 0 saturated carbocycles. The molecule has 0 saturated heterocycles. The van der Waals surface area contributed by atoms with Crippen molar-refractivity contribution in [3.05, 3.63) is 0 Å². The van der Waals surface area contributed by atoms with Crippen LogP contribution >= 0.6 is 18.3 Å². The fourth-order valence-electron chi connectivity index (χ4n) is 0.782. The van der Waals surface area contributed by atoms with Crippen molar-refractivity contribution in [3.8, 4) is 0 Å². The Hall–Kier alpha value is 0.210. The fourth-order valence-corrected chi connectivity index (χ4v) is 2.97. The molecule has 120 valence electrons. The molecular weight excluding hydrogens is 341 g/mol. The summed E-state index contributed by atoms with van der Waals surface area (Å²) in [7, 11) is 1.36. The van der Waals surface area contributed by atoms with Crippen molar-refractivity contribution < 1.29 is 23.4 Å². The zero-order valence-electron chi connectivity index (χ0n) is 12.0. The Morgan fingerprint density at radius 2 is 1.65 bits per heavy atom. The summed E-state index contributed by atoms with van der Waals surface area (Å²) in [6, 6.07) is 0. The summed E-state index contributed by atoms with van der Waals surface area (Å²) in [5.41, 5.74) is -2.28. The van der Waals surface area contributed by atoms with Crippen molar-refractivity contribution in [1.82, 2.24) is 4.90 Å². The van der Waals surface area contributed by atoms with Crippen LogP contribution in [-0.2, 0) is 42.6 Å². The van der Waals surface area contributed by atoms with Crippen molar-refractivity contribution in [1.29, 1.82) is 0 Å². The molecule has 10 heteroatoms. The number of hydrogen-bond acceptors (Lipinski definition) is 8. The SMILES string of the molecule is CCOC(=O)N(C)C(=O)CS.CCOP(=S)([S-])OCC. The van der Waals surface area contributed by atoms with E-state index in [1.54, 1.807) is 6.92 Å². The molecule has 0 aromatic carbocycles. The summed E-state index contributed by atoms with van der Waals surface area (Å²) in [5, 5.41) is 0. The fraction of sp³-hybridized carbons (Fsp3) is 0.800. The molecule has 20 heavy (non-hydrogen) atoms. The molecule has 0 unspecified atom stereocenters. The zero-order chi connectivity index (χ0) is 16.2. The molecule has 0 spiro atoms. The van der Waals surface area contributed by atoms with Crippen molar-refractivity contribution >= 4 is 54.4 Å². The molecule has 0 fully saturated rings. The molecule has 0 heterocycles. The number of amides is 2. The number of rotatable bonds is 6. The Labute approximate surface area is 136 Å². The second-order valence-corrected chi connectivity index (χ2v) is 8.40. The van der Waals surface area contributed by atoms with Crippen LogP contribution in [0, 0.1) is 0 Å². The predicted molar refractivity (Wildman–Crippen MR) is 88.5 cm³/mol. The maximum Gasteiger partial charge on any atom is 0.416 e. The van der Waals surface area contributed by atoms with Crippen LogP contribution in [0.4, 0.5) is 4.79 Å². The van der Waals surface area contributed by atoms with E-state index in [1.165, 1.54) is 7.05 Å². The maximum absolute atomic E-state index is 10.8. The molecule has 0 rings (SSSR count). The Morgan fingerprint density at radius 3 is 1.95 bits per heavy atom. The van der Waals surface area contributed by atoms with E-state index in [1.807, 2.05) is 13.8 Å². The average molecular weight is 362 g/mol. The minimum atomic E-state index is -2.28. The van der Waals surface area contributed by atoms with Gasteiger partial charge in [0.05, 0.1) is 18.1 Å². The Bertz CT molecular complexity index is 333. The van der Waals surface area contributed by atoms with E-state index < -0.39 is 11.8 Å². The van der Waals surface area contributed by atoms with Gasteiger partial charge in [-0.2, -0.15) is 12.6 Å². The smallest absolute Gasteiger partial charge is 0.416 e. The highest BCUT2D eigenvalue weighted by Gasteiger charge is 2.15. The van der Waals surface area contributed by atoms with Crippen LogP contribution in [0.2, 0.25) is 0 Å². The lowest BCUT2D eigenvalue weighted by Crippen LogP contribution is -2.34. The molecule has 0 bridgehead atoms. The third-order valence-corrected chi connectivity index (χ3v) is 4.31. The number of carbonyl (C=O) groups is 2. The summed E-state index contributed by atoms with van der Waals surface area (Å²) < 4.78 is 14.5. The van der Waals surface area contributed by atoms with Crippen LogP contribution in [-0.4, -0.2) is 49.5 Å². The van der Waals surface area contributed by atoms with Gasteiger partial charge >= 0.3 is 6.09 Å². The topological polar surface area (TPSA) is 65.1 Å². The van der Waals surface area contributed by atoms with Crippen molar-refractivity contribution in [3.63, 3.8) is 0 Å². The highest BCUT2D eigenvalue weighted by molar-refractivity contribution is 8.51. The van der Waals surface area contributed by atoms with Crippen molar-refractivity contribution in [2.45, 2.75) is 20.8 Å². The van der Waals surface area contributed by atoms with Crippen LogP contribution in [0.25, 0.3) is 0 Å². The normalized spacial score (nSPS) is 10.3. The lowest BCUT2D eigenvalue weighted by molar-refractivity contribution is -0.125. The third-order valence-electron chi connectivity index (χ3n) is 1.63. The lowest BCUT2D eigenvalue weighted by atomic mass is 10.6. The second-order valence-electron chi connectivity index (χ2n) is 3.09. The summed E-state index contributed by atoms with van der Waals surface area (Å²) in [6.07, 6.45) is -0.633. The molecule has 0 aliphatic heterocycles. The van der Waals surface area contributed by atoms with Gasteiger partial charge in [0.15, 0.2) is 0 Å². The molecule has 2 amide bonds. The quantitative estimate of drug-likeness (QED) is 0.442. The Balaban J connectivity index is 0. The number of carbonyl (C=O) groups excluding carboxylic acids is 2. The van der Waals surface area contributed by atoms with E-state index >= 15 is 0 Å². The molecule has 0 atom stereocenters. The second kappa shape index (κ2) is 12.9. The largest absolute Gasteiger partial charge is 0.691 e. The molecule has 0 radical (unpaired) electrons. The van der Waals surface area contributed by atoms with Gasteiger partial charge in [-0.25, -0.2) is 9.69 Å². The van der Waals surface area contributed by atoms with E-state index in [9.17, 15) is 9.59 Å². The maximum atomic E-state index is 10.8.